The van der Waals surface area contributed by atoms with Crippen molar-refractivity contribution in [1.29, 1.82) is 0 Å². The molecule has 0 bridgehead atoms. The smallest absolute Gasteiger partial charge is 0.0512 e. The predicted octanol–water partition coefficient (Wildman–Crippen LogP) is 3.21. The fourth-order valence-corrected chi connectivity index (χ4v) is 2.20. The first-order valence-electron chi connectivity index (χ1n) is 6.62. The lowest BCUT2D eigenvalue weighted by Crippen LogP contribution is -2.47. The average Bonchev–Trinajstić information content (AvgIpc) is 2.40. The monoisotopic (exact) mass is 248 g/mol. The van der Waals surface area contributed by atoms with Gasteiger partial charge in [-0.1, -0.05) is 36.5 Å². The van der Waals surface area contributed by atoms with E-state index in [1.54, 1.807) is 0 Å². The zero-order chi connectivity index (χ0) is 14.0. The molecule has 0 aromatic carbocycles. The van der Waals surface area contributed by atoms with E-state index in [2.05, 4.69) is 60.9 Å². The van der Waals surface area contributed by atoms with Crippen LogP contribution in [0.1, 0.15) is 27.7 Å². The summed E-state index contributed by atoms with van der Waals surface area (Å²) < 4.78 is 0. The van der Waals surface area contributed by atoms with Crippen molar-refractivity contribution in [3.8, 4) is 0 Å². The number of hydrogen-bond donors (Lipinski definition) is 2. The molecule has 0 aromatic rings. The van der Waals surface area contributed by atoms with Gasteiger partial charge in [0.1, 0.15) is 0 Å². The van der Waals surface area contributed by atoms with E-state index in [-0.39, 0.29) is 12.1 Å². The lowest BCUT2D eigenvalue weighted by molar-refractivity contribution is 0.506. The van der Waals surface area contributed by atoms with Crippen LogP contribution in [-0.2, 0) is 0 Å². The maximum Gasteiger partial charge on any atom is 0.0512 e. The molecule has 0 heterocycles. The summed E-state index contributed by atoms with van der Waals surface area (Å²) in [5.41, 5.74) is 2.59. The molecule has 0 aliphatic rings. The standard InChI is InChI=1S/C16H28N2/c1-7-11-13(9-3)15(17-5)16(18-6)14(10-4)12-8-2/h7-12,15-18H,1-6H3/b11-7-,12-8-,13-9+,14-10+. The largest absolute Gasteiger partial charge is 0.311 e. The highest BCUT2D eigenvalue weighted by molar-refractivity contribution is 5.34. The Balaban J connectivity index is 5.33. The first kappa shape index (κ1) is 16.9. The summed E-state index contributed by atoms with van der Waals surface area (Å²) in [6.07, 6.45) is 12.8. The van der Waals surface area contributed by atoms with E-state index in [4.69, 9.17) is 0 Å². The van der Waals surface area contributed by atoms with E-state index >= 15 is 0 Å². The quantitative estimate of drug-likeness (QED) is 0.676. The lowest BCUT2D eigenvalue weighted by Gasteiger charge is -2.29. The minimum Gasteiger partial charge on any atom is -0.311 e. The molecule has 102 valence electrons. The van der Waals surface area contributed by atoms with E-state index in [0.717, 1.165) is 0 Å². The van der Waals surface area contributed by atoms with Gasteiger partial charge in [-0.3, -0.25) is 0 Å². The van der Waals surface area contributed by atoms with Gasteiger partial charge in [-0.05, 0) is 52.9 Å². The first-order chi connectivity index (χ1) is 8.69. The molecule has 2 N–H and O–H groups in total. The van der Waals surface area contributed by atoms with Gasteiger partial charge >= 0.3 is 0 Å². The summed E-state index contributed by atoms with van der Waals surface area (Å²) in [6, 6.07) is 0.525. The Morgan fingerprint density at radius 2 is 1.06 bits per heavy atom. The van der Waals surface area contributed by atoms with E-state index in [9.17, 15) is 0 Å². The van der Waals surface area contributed by atoms with Crippen LogP contribution >= 0.6 is 0 Å². The molecule has 0 saturated carbocycles. The highest BCUT2D eigenvalue weighted by Crippen LogP contribution is 2.16. The Kier molecular flexibility index (Phi) is 9.25. The second-order valence-corrected chi connectivity index (χ2v) is 4.11. The van der Waals surface area contributed by atoms with Crippen molar-refractivity contribution in [2.24, 2.45) is 0 Å². The summed E-state index contributed by atoms with van der Waals surface area (Å²) in [5.74, 6) is 0. The number of rotatable bonds is 7. The van der Waals surface area contributed by atoms with Crippen LogP contribution in [0, 0.1) is 0 Å². The molecule has 2 heteroatoms. The molecule has 0 aliphatic heterocycles. The van der Waals surface area contributed by atoms with Gasteiger partial charge in [-0.15, -0.1) is 0 Å². The minimum atomic E-state index is 0.263. The van der Waals surface area contributed by atoms with E-state index in [0.29, 0.717) is 0 Å². The number of likely N-dealkylation sites (N-methyl/N-ethyl adjacent to an activating group) is 2. The molecule has 0 saturated heterocycles. The van der Waals surface area contributed by atoms with Gasteiger partial charge < -0.3 is 10.6 Å². The molecular formula is C16H28N2. The van der Waals surface area contributed by atoms with Crippen molar-refractivity contribution in [3.63, 3.8) is 0 Å². The molecule has 0 aliphatic carbocycles. The van der Waals surface area contributed by atoms with Gasteiger partial charge in [-0.2, -0.15) is 0 Å². The third-order valence-electron chi connectivity index (χ3n) is 3.06. The average molecular weight is 248 g/mol. The normalized spacial score (nSPS) is 17.7. The summed E-state index contributed by atoms with van der Waals surface area (Å²) in [5, 5.41) is 6.81. The van der Waals surface area contributed by atoms with Gasteiger partial charge in [0, 0.05) is 0 Å². The van der Waals surface area contributed by atoms with Crippen LogP contribution in [0.2, 0.25) is 0 Å². The SMILES string of the molecule is C/C=C\C(=C/C)C(NC)C(NC)C(/C=C\C)=C/C. The molecule has 18 heavy (non-hydrogen) atoms. The number of nitrogens with one attached hydrogen (secondary N) is 2. The minimum absolute atomic E-state index is 0.263. The van der Waals surface area contributed by atoms with Crippen LogP contribution in [0.15, 0.2) is 47.6 Å². The second kappa shape index (κ2) is 9.86. The van der Waals surface area contributed by atoms with E-state index in [1.165, 1.54) is 11.1 Å². The fraction of sp³-hybridized carbons (Fsp3) is 0.500. The maximum absolute atomic E-state index is 3.41. The van der Waals surface area contributed by atoms with Crippen LogP contribution in [-0.4, -0.2) is 26.2 Å². The van der Waals surface area contributed by atoms with Crippen molar-refractivity contribution in [1.82, 2.24) is 10.6 Å². The lowest BCUT2D eigenvalue weighted by atomic mass is 9.92. The van der Waals surface area contributed by atoms with Gasteiger partial charge in [0.15, 0.2) is 0 Å². The summed E-state index contributed by atoms with van der Waals surface area (Å²) in [6.45, 7) is 8.26. The van der Waals surface area contributed by atoms with Gasteiger partial charge in [0.25, 0.3) is 0 Å². The van der Waals surface area contributed by atoms with Crippen LogP contribution < -0.4 is 10.6 Å². The molecule has 0 spiro atoms. The van der Waals surface area contributed by atoms with Gasteiger partial charge in [0.2, 0.25) is 0 Å². The van der Waals surface area contributed by atoms with Crippen LogP contribution in [0.3, 0.4) is 0 Å². The third kappa shape index (κ3) is 4.63. The van der Waals surface area contributed by atoms with Crippen LogP contribution in [0.25, 0.3) is 0 Å². The second-order valence-electron chi connectivity index (χ2n) is 4.11. The van der Waals surface area contributed by atoms with Crippen molar-refractivity contribution in [3.05, 3.63) is 47.6 Å². The molecule has 0 fully saturated rings. The molecule has 2 atom stereocenters. The Morgan fingerprint density at radius 1 is 0.722 bits per heavy atom. The molecule has 0 amide bonds. The summed E-state index contributed by atoms with van der Waals surface area (Å²) >= 11 is 0. The van der Waals surface area contributed by atoms with Crippen LogP contribution in [0.5, 0.6) is 0 Å². The van der Waals surface area contributed by atoms with Gasteiger partial charge in [-0.25, -0.2) is 0 Å². The Morgan fingerprint density at radius 3 is 1.22 bits per heavy atom. The zero-order valence-corrected chi connectivity index (χ0v) is 12.6. The molecule has 0 rings (SSSR count). The molecular weight excluding hydrogens is 220 g/mol. The number of allylic oxidation sites excluding steroid dienone is 4. The molecule has 2 nitrogen and oxygen atoms in total. The summed E-state index contributed by atoms with van der Waals surface area (Å²) in [7, 11) is 4.01. The highest BCUT2D eigenvalue weighted by atomic mass is 15.0. The topological polar surface area (TPSA) is 24.1 Å². The predicted molar refractivity (Wildman–Crippen MR) is 82.8 cm³/mol. The molecule has 0 aromatic heterocycles. The van der Waals surface area contributed by atoms with Crippen molar-refractivity contribution < 1.29 is 0 Å². The van der Waals surface area contributed by atoms with Crippen molar-refractivity contribution >= 4 is 0 Å². The van der Waals surface area contributed by atoms with E-state index in [1.807, 2.05) is 27.9 Å². The maximum atomic E-state index is 3.41. The zero-order valence-electron chi connectivity index (χ0n) is 12.6. The Labute approximate surface area is 113 Å². The highest BCUT2D eigenvalue weighted by Gasteiger charge is 2.22. The van der Waals surface area contributed by atoms with Crippen LogP contribution in [0.4, 0.5) is 0 Å². The molecule has 0 radical (unpaired) electrons. The fourth-order valence-electron chi connectivity index (χ4n) is 2.20. The third-order valence-corrected chi connectivity index (χ3v) is 3.06. The number of hydrogen-bond acceptors (Lipinski definition) is 2. The Hall–Kier alpha value is -1.12. The summed E-state index contributed by atoms with van der Waals surface area (Å²) in [4.78, 5) is 0. The van der Waals surface area contributed by atoms with Crippen molar-refractivity contribution in [2.45, 2.75) is 39.8 Å². The van der Waals surface area contributed by atoms with Crippen molar-refractivity contribution in [2.75, 3.05) is 14.1 Å². The van der Waals surface area contributed by atoms with E-state index < -0.39 is 0 Å². The van der Waals surface area contributed by atoms with Gasteiger partial charge in [0.05, 0.1) is 12.1 Å². The Bertz CT molecular complexity index is 301. The molecule has 2 unspecified atom stereocenters. The first-order valence-corrected chi connectivity index (χ1v) is 6.62.